The first-order valence-corrected chi connectivity index (χ1v) is 9.13. The summed E-state index contributed by atoms with van der Waals surface area (Å²) in [5.41, 5.74) is 0. The Morgan fingerprint density at radius 2 is 2.04 bits per heavy atom. The minimum absolute atomic E-state index is 0. The summed E-state index contributed by atoms with van der Waals surface area (Å²) in [7, 11) is 0. The lowest BCUT2D eigenvalue weighted by Gasteiger charge is -2.27. The first-order valence-electron chi connectivity index (χ1n) is 9.13. The number of aliphatic hydroxyl groups excluding tert-OH is 1. The molecule has 0 spiro atoms. The Hall–Kier alpha value is -0.900. The Morgan fingerprint density at radius 1 is 1.32 bits per heavy atom. The van der Waals surface area contributed by atoms with Crippen LogP contribution in [0.1, 0.15) is 70.5 Å². The van der Waals surface area contributed by atoms with Crippen molar-refractivity contribution in [2.75, 3.05) is 13.1 Å². The van der Waals surface area contributed by atoms with Gasteiger partial charge in [0.05, 0.1) is 6.10 Å². The number of nitrogens with one attached hydrogen (secondary N) is 2. The topological polar surface area (TPSA) is 95.6 Å². The van der Waals surface area contributed by atoms with Crippen molar-refractivity contribution in [2.45, 2.75) is 77.4 Å². The van der Waals surface area contributed by atoms with Crippen LogP contribution in [0.15, 0.2) is 9.52 Å². The van der Waals surface area contributed by atoms with Gasteiger partial charge in [-0.1, -0.05) is 19.0 Å². The minimum atomic E-state index is -0.132. The van der Waals surface area contributed by atoms with Crippen molar-refractivity contribution in [3.05, 3.63) is 11.7 Å². The van der Waals surface area contributed by atoms with Gasteiger partial charge in [0.15, 0.2) is 11.8 Å². The monoisotopic (exact) mass is 465 g/mol. The molecule has 8 heteroatoms. The third kappa shape index (κ3) is 7.89. The first kappa shape index (κ1) is 22.1. The maximum atomic E-state index is 9.59. The number of aromatic nitrogens is 2. The molecule has 0 radical (unpaired) electrons. The Bertz CT molecular complexity index is 513. The highest BCUT2D eigenvalue weighted by Gasteiger charge is 2.19. The molecule has 1 saturated carbocycles. The van der Waals surface area contributed by atoms with Crippen molar-refractivity contribution in [3.8, 4) is 0 Å². The summed E-state index contributed by atoms with van der Waals surface area (Å²) in [5, 5.41) is 20.3. The summed E-state index contributed by atoms with van der Waals surface area (Å²) in [4.78, 5) is 9.01. The van der Waals surface area contributed by atoms with E-state index in [0.29, 0.717) is 24.4 Å². The van der Waals surface area contributed by atoms with Gasteiger partial charge in [0.25, 0.3) is 0 Å². The fourth-order valence-corrected chi connectivity index (χ4v) is 2.76. The van der Waals surface area contributed by atoms with Gasteiger partial charge in [0, 0.05) is 31.5 Å². The van der Waals surface area contributed by atoms with Crippen molar-refractivity contribution >= 4 is 29.9 Å². The molecule has 1 aliphatic rings. The smallest absolute Gasteiger partial charge is 0.226 e. The number of nitrogens with zero attached hydrogens (tertiary/aromatic N) is 3. The summed E-state index contributed by atoms with van der Waals surface area (Å²) in [5.74, 6) is 2.60. The molecule has 1 heterocycles. The van der Waals surface area contributed by atoms with Crippen LogP contribution in [0, 0.1) is 0 Å². The molecule has 0 aromatic carbocycles. The molecule has 0 bridgehead atoms. The highest BCUT2D eigenvalue weighted by atomic mass is 127. The number of hydrogen-bond acceptors (Lipinski definition) is 5. The number of aryl methyl sites for hydroxylation is 1. The standard InChI is InChI=1S/C17H31N5O2.HI/c1-4-18-17(20-13-7-9-14(23)10-8-13)19-11-5-6-15-21-16(12(2)3)22-24-15;/h12-14,23H,4-11H2,1-3H3,(H2,18,19,20);1H. The molecule has 144 valence electrons. The van der Waals surface area contributed by atoms with Crippen molar-refractivity contribution in [1.29, 1.82) is 0 Å². The Kier molecular flexibility index (Phi) is 10.3. The summed E-state index contributed by atoms with van der Waals surface area (Å²) < 4.78 is 5.25. The molecule has 1 aromatic rings. The summed E-state index contributed by atoms with van der Waals surface area (Å²) in [6.45, 7) is 7.72. The molecule has 0 unspecified atom stereocenters. The van der Waals surface area contributed by atoms with Crippen molar-refractivity contribution < 1.29 is 9.63 Å². The fourth-order valence-electron chi connectivity index (χ4n) is 2.76. The molecule has 1 fully saturated rings. The van der Waals surface area contributed by atoms with E-state index in [2.05, 4.69) is 46.5 Å². The number of hydrogen-bond donors (Lipinski definition) is 3. The van der Waals surface area contributed by atoms with Crippen LogP contribution in [-0.4, -0.2) is 46.4 Å². The van der Waals surface area contributed by atoms with Gasteiger partial charge in [0.2, 0.25) is 5.89 Å². The minimum Gasteiger partial charge on any atom is -0.393 e. The summed E-state index contributed by atoms with van der Waals surface area (Å²) in [6.07, 6.45) is 5.21. The number of halogens is 1. The molecule has 0 saturated heterocycles. The van der Waals surface area contributed by atoms with Gasteiger partial charge in [-0.05, 0) is 39.0 Å². The molecule has 0 amide bonds. The van der Waals surface area contributed by atoms with Crippen LogP contribution in [-0.2, 0) is 6.42 Å². The lowest BCUT2D eigenvalue weighted by molar-refractivity contribution is 0.120. The zero-order chi connectivity index (χ0) is 17.4. The van der Waals surface area contributed by atoms with E-state index in [-0.39, 0.29) is 30.1 Å². The van der Waals surface area contributed by atoms with Crippen molar-refractivity contribution in [3.63, 3.8) is 0 Å². The van der Waals surface area contributed by atoms with Crippen LogP contribution in [0.5, 0.6) is 0 Å². The van der Waals surface area contributed by atoms with Crippen molar-refractivity contribution in [2.24, 2.45) is 4.99 Å². The van der Waals surface area contributed by atoms with Crippen LogP contribution in [0.3, 0.4) is 0 Å². The van der Waals surface area contributed by atoms with Crippen LogP contribution >= 0.6 is 24.0 Å². The molecule has 3 N–H and O–H groups in total. The van der Waals surface area contributed by atoms with E-state index >= 15 is 0 Å². The normalized spacial score (nSPS) is 21.1. The fraction of sp³-hybridized carbons (Fsp3) is 0.824. The molecule has 1 aromatic heterocycles. The number of rotatable bonds is 7. The second kappa shape index (κ2) is 11.7. The van der Waals surface area contributed by atoms with Gasteiger partial charge >= 0.3 is 0 Å². The molecule has 0 aliphatic heterocycles. The van der Waals surface area contributed by atoms with Gasteiger partial charge in [-0.15, -0.1) is 24.0 Å². The third-order valence-corrected chi connectivity index (χ3v) is 4.20. The molecule has 2 rings (SSSR count). The Morgan fingerprint density at radius 3 is 2.64 bits per heavy atom. The van der Waals surface area contributed by atoms with Crippen molar-refractivity contribution in [1.82, 2.24) is 20.8 Å². The predicted octanol–water partition coefficient (Wildman–Crippen LogP) is 2.60. The average Bonchev–Trinajstić information content (AvgIpc) is 3.03. The number of aliphatic imine (C=N–C) groups is 1. The molecule has 0 atom stereocenters. The van der Waals surface area contributed by atoms with Gasteiger partial charge in [-0.2, -0.15) is 4.98 Å². The van der Waals surface area contributed by atoms with Crippen LogP contribution in [0.2, 0.25) is 0 Å². The number of guanidine groups is 1. The zero-order valence-electron chi connectivity index (χ0n) is 15.5. The maximum absolute atomic E-state index is 9.59. The van der Waals surface area contributed by atoms with Crippen LogP contribution < -0.4 is 10.6 Å². The largest absolute Gasteiger partial charge is 0.393 e. The first-order chi connectivity index (χ1) is 11.6. The highest BCUT2D eigenvalue weighted by molar-refractivity contribution is 14.0. The Labute approximate surface area is 167 Å². The van der Waals surface area contributed by atoms with Gasteiger partial charge in [-0.3, -0.25) is 4.99 Å². The quantitative estimate of drug-likeness (QED) is 0.248. The number of aliphatic hydroxyl groups is 1. The summed E-state index contributed by atoms with van der Waals surface area (Å²) >= 11 is 0. The molecule has 1 aliphatic carbocycles. The Balaban J connectivity index is 0.00000312. The molecule has 7 nitrogen and oxygen atoms in total. The average molecular weight is 465 g/mol. The molecular weight excluding hydrogens is 433 g/mol. The maximum Gasteiger partial charge on any atom is 0.226 e. The molecule has 25 heavy (non-hydrogen) atoms. The van der Waals surface area contributed by atoms with E-state index in [0.717, 1.165) is 56.9 Å². The van der Waals surface area contributed by atoms with E-state index in [1.54, 1.807) is 0 Å². The van der Waals surface area contributed by atoms with Crippen LogP contribution in [0.4, 0.5) is 0 Å². The second-order valence-electron chi connectivity index (χ2n) is 6.72. The van der Waals surface area contributed by atoms with E-state index < -0.39 is 0 Å². The molecular formula is C17H32IN5O2. The summed E-state index contributed by atoms with van der Waals surface area (Å²) in [6, 6.07) is 0.399. The van der Waals surface area contributed by atoms with Gasteiger partial charge in [-0.25, -0.2) is 0 Å². The van der Waals surface area contributed by atoms with Gasteiger partial charge in [0.1, 0.15) is 0 Å². The second-order valence-corrected chi connectivity index (χ2v) is 6.72. The lowest BCUT2D eigenvalue weighted by atomic mass is 9.93. The zero-order valence-corrected chi connectivity index (χ0v) is 17.8. The van der Waals surface area contributed by atoms with E-state index in [9.17, 15) is 5.11 Å². The highest BCUT2D eigenvalue weighted by Crippen LogP contribution is 2.18. The van der Waals surface area contributed by atoms with E-state index in [4.69, 9.17) is 4.52 Å². The van der Waals surface area contributed by atoms with E-state index in [1.807, 2.05) is 0 Å². The third-order valence-electron chi connectivity index (χ3n) is 4.20. The van der Waals surface area contributed by atoms with Gasteiger partial charge < -0.3 is 20.3 Å². The predicted molar refractivity (Wildman–Crippen MR) is 110 cm³/mol. The van der Waals surface area contributed by atoms with E-state index in [1.165, 1.54) is 0 Å². The van der Waals surface area contributed by atoms with Crippen LogP contribution in [0.25, 0.3) is 0 Å². The lowest BCUT2D eigenvalue weighted by Crippen LogP contribution is -2.45. The SMILES string of the molecule is CCNC(=NCCCc1nc(C(C)C)no1)NC1CCC(O)CC1.I.